The Bertz CT molecular complexity index is 584. The summed E-state index contributed by atoms with van der Waals surface area (Å²) in [4.78, 5) is 2.55. The lowest BCUT2D eigenvalue weighted by Gasteiger charge is -2.33. The van der Waals surface area contributed by atoms with E-state index in [4.69, 9.17) is 18.0 Å². The third-order valence-electron chi connectivity index (χ3n) is 3.46. The Labute approximate surface area is 119 Å². The van der Waals surface area contributed by atoms with Crippen molar-refractivity contribution >= 4 is 27.0 Å². The molecule has 104 valence electrons. The van der Waals surface area contributed by atoms with Gasteiger partial charge in [-0.15, -0.1) is 0 Å². The van der Waals surface area contributed by atoms with E-state index in [1.807, 2.05) is 31.2 Å². The molecule has 2 N–H and O–H groups in total. The van der Waals surface area contributed by atoms with Gasteiger partial charge in [-0.2, -0.15) is 0 Å². The van der Waals surface area contributed by atoms with Crippen LogP contribution in [0.25, 0.3) is 0 Å². The number of nitrogens with zero attached hydrogens (tertiary/aromatic N) is 1. The second kappa shape index (κ2) is 5.56. The van der Waals surface area contributed by atoms with Crippen molar-refractivity contribution in [2.45, 2.75) is 19.5 Å². The molecule has 0 amide bonds. The molecule has 1 heterocycles. The van der Waals surface area contributed by atoms with Gasteiger partial charge < -0.3 is 5.73 Å². The second-order valence-corrected chi connectivity index (χ2v) is 7.62. The molecule has 1 aromatic carbocycles. The van der Waals surface area contributed by atoms with Gasteiger partial charge in [0, 0.05) is 24.7 Å². The number of benzene rings is 1. The minimum absolute atomic E-state index is 0.0261. The highest BCUT2D eigenvalue weighted by molar-refractivity contribution is 7.91. The Morgan fingerprint density at radius 2 is 2.16 bits per heavy atom. The van der Waals surface area contributed by atoms with Crippen molar-refractivity contribution in [2.24, 2.45) is 5.73 Å². The Morgan fingerprint density at radius 1 is 1.47 bits per heavy atom. The van der Waals surface area contributed by atoms with E-state index < -0.39 is 9.84 Å². The zero-order valence-electron chi connectivity index (χ0n) is 10.9. The minimum Gasteiger partial charge on any atom is -0.389 e. The van der Waals surface area contributed by atoms with Gasteiger partial charge in [0.05, 0.1) is 11.5 Å². The van der Waals surface area contributed by atoms with Crippen LogP contribution in [0.3, 0.4) is 0 Å². The van der Waals surface area contributed by atoms with Gasteiger partial charge in [-0.3, -0.25) is 4.90 Å². The summed E-state index contributed by atoms with van der Waals surface area (Å²) in [5.41, 5.74) is 7.64. The average molecular weight is 298 g/mol. The quantitative estimate of drug-likeness (QED) is 0.842. The molecule has 19 heavy (non-hydrogen) atoms. The molecular formula is C13H18N2O2S2. The first-order valence-electron chi connectivity index (χ1n) is 6.21. The average Bonchev–Trinajstić information content (AvgIpc) is 2.32. The van der Waals surface area contributed by atoms with Gasteiger partial charge in [-0.05, 0) is 12.5 Å². The number of thiocarbonyl (C=S) groups is 1. The molecule has 1 unspecified atom stereocenters. The van der Waals surface area contributed by atoms with Crippen LogP contribution in [-0.2, 0) is 16.4 Å². The highest BCUT2D eigenvalue weighted by atomic mass is 32.2. The largest absolute Gasteiger partial charge is 0.389 e. The Morgan fingerprint density at radius 3 is 2.79 bits per heavy atom. The van der Waals surface area contributed by atoms with Gasteiger partial charge in [0.2, 0.25) is 0 Å². The lowest BCUT2D eigenvalue weighted by molar-refractivity contribution is 0.218. The number of hydrogen-bond acceptors (Lipinski definition) is 4. The van der Waals surface area contributed by atoms with Crippen molar-refractivity contribution in [1.29, 1.82) is 0 Å². The maximum atomic E-state index is 11.6. The summed E-state index contributed by atoms with van der Waals surface area (Å²) in [6.45, 7) is 3.19. The van der Waals surface area contributed by atoms with E-state index in [9.17, 15) is 8.42 Å². The van der Waals surface area contributed by atoms with E-state index >= 15 is 0 Å². The van der Waals surface area contributed by atoms with Crippen LogP contribution in [0.4, 0.5) is 0 Å². The molecule has 0 radical (unpaired) electrons. The van der Waals surface area contributed by atoms with Crippen LogP contribution in [0, 0.1) is 0 Å². The van der Waals surface area contributed by atoms with Crippen molar-refractivity contribution in [1.82, 2.24) is 4.90 Å². The first kappa shape index (κ1) is 14.4. The number of nitrogens with two attached hydrogens (primary N) is 1. The van der Waals surface area contributed by atoms with Crippen LogP contribution >= 0.6 is 12.2 Å². The highest BCUT2D eigenvalue weighted by Crippen LogP contribution is 2.17. The zero-order chi connectivity index (χ0) is 14.0. The first-order valence-corrected chi connectivity index (χ1v) is 8.44. The molecule has 1 aliphatic rings. The summed E-state index contributed by atoms with van der Waals surface area (Å²) in [6, 6.07) is 7.77. The topological polar surface area (TPSA) is 63.4 Å². The van der Waals surface area contributed by atoms with Crippen LogP contribution in [0.5, 0.6) is 0 Å². The molecule has 1 fully saturated rings. The SMILES string of the molecule is CC1CS(=O)(=O)CCN1Cc1ccccc1C(N)=S. The van der Waals surface area contributed by atoms with E-state index in [2.05, 4.69) is 4.90 Å². The molecule has 1 atom stereocenters. The predicted molar refractivity (Wildman–Crippen MR) is 80.9 cm³/mol. The monoisotopic (exact) mass is 298 g/mol. The van der Waals surface area contributed by atoms with Crippen molar-refractivity contribution < 1.29 is 8.42 Å². The fourth-order valence-corrected chi connectivity index (χ4v) is 4.21. The second-order valence-electron chi connectivity index (χ2n) is 4.96. The number of hydrogen-bond donors (Lipinski definition) is 1. The van der Waals surface area contributed by atoms with E-state index in [1.54, 1.807) is 0 Å². The molecule has 0 aliphatic carbocycles. The highest BCUT2D eigenvalue weighted by Gasteiger charge is 2.28. The van der Waals surface area contributed by atoms with Crippen LogP contribution in [0.2, 0.25) is 0 Å². The predicted octanol–water partition coefficient (Wildman–Crippen LogP) is 0.940. The summed E-state index contributed by atoms with van der Waals surface area (Å²) < 4.78 is 23.1. The third-order valence-corrected chi connectivity index (χ3v) is 5.48. The molecule has 6 heteroatoms. The fourth-order valence-electron chi connectivity index (χ4n) is 2.39. The molecule has 4 nitrogen and oxygen atoms in total. The van der Waals surface area contributed by atoms with Gasteiger partial charge >= 0.3 is 0 Å². The summed E-state index contributed by atoms with van der Waals surface area (Å²) >= 11 is 5.05. The fraction of sp³-hybridized carbons (Fsp3) is 0.462. The molecule has 0 bridgehead atoms. The Hall–Kier alpha value is -0.980. The molecule has 0 aromatic heterocycles. The summed E-state index contributed by atoms with van der Waals surface area (Å²) in [7, 11) is -2.88. The van der Waals surface area contributed by atoms with E-state index in [0.717, 1.165) is 11.1 Å². The van der Waals surface area contributed by atoms with Gasteiger partial charge in [0.15, 0.2) is 9.84 Å². The normalized spacial score (nSPS) is 23.1. The number of sulfone groups is 1. The van der Waals surface area contributed by atoms with Crippen molar-refractivity contribution in [3.8, 4) is 0 Å². The summed E-state index contributed by atoms with van der Waals surface area (Å²) in [6.07, 6.45) is 0. The molecule has 0 saturated carbocycles. The van der Waals surface area contributed by atoms with E-state index in [1.165, 1.54) is 0 Å². The number of rotatable bonds is 3. The Kier molecular flexibility index (Phi) is 4.23. The van der Waals surface area contributed by atoms with Crippen LogP contribution in [-0.4, -0.2) is 42.4 Å². The smallest absolute Gasteiger partial charge is 0.153 e. The third kappa shape index (κ3) is 3.52. The van der Waals surface area contributed by atoms with Crippen LogP contribution in [0.15, 0.2) is 24.3 Å². The first-order chi connectivity index (χ1) is 8.89. The van der Waals surface area contributed by atoms with Gasteiger partial charge in [0.1, 0.15) is 4.99 Å². The van der Waals surface area contributed by atoms with E-state index in [0.29, 0.717) is 18.1 Å². The lowest BCUT2D eigenvalue weighted by Crippen LogP contribution is -2.46. The molecule has 1 aliphatic heterocycles. The zero-order valence-corrected chi connectivity index (χ0v) is 12.5. The van der Waals surface area contributed by atoms with Crippen molar-refractivity contribution in [2.75, 3.05) is 18.1 Å². The van der Waals surface area contributed by atoms with Gasteiger partial charge in [-0.25, -0.2) is 8.42 Å². The van der Waals surface area contributed by atoms with Gasteiger partial charge in [0.25, 0.3) is 0 Å². The van der Waals surface area contributed by atoms with Crippen LogP contribution < -0.4 is 5.73 Å². The molecule has 0 spiro atoms. The Balaban J connectivity index is 2.16. The van der Waals surface area contributed by atoms with Crippen LogP contribution in [0.1, 0.15) is 18.1 Å². The maximum Gasteiger partial charge on any atom is 0.153 e. The molecule has 1 aromatic rings. The molecule has 2 rings (SSSR count). The summed E-state index contributed by atoms with van der Waals surface area (Å²) in [5, 5.41) is 0. The minimum atomic E-state index is -2.88. The standard InChI is InChI=1S/C13H18N2O2S2/c1-10-9-19(16,17)7-6-15(10)8-11-4-2-3-5-12(11)13(14)18/h2-5,10H,6-9H2,1H3,(H2,14,18). The summed E-state index contributed by atoms with van der Waals surface area (Å²) in [5.74, 6) is 0.453. The molecular weight excluding hydrogens is 280 g/mol. The van der Waals surface area contributed by atoms with E-state index in [-0.39, 0.29) is 17.5 Å². The lowest BCUT2D eigenvalue weighted by atomic mass is 10.1. The van der Waals surface area contributed by atoms with Crippen molar-refractivity contribution in [3.05, 3.63) is 35.4 Å². The molecule has 1 saturated heterocycles. The van der Waals surface area contributed by atoms with Gasteiger partial charge in [-0.1, -0.05) is 36.5 Å². The maximum absolute atomic E-state index is 11.6. The van der Waals surface area contributed by atoms with Crippen molar-refractivity contribution in [3.63, 3.8) is 0 Å².